The molecule has 0 heterocycles. The Morgan fingerprint density at radius 1 is 1.05 bits per heavy atom. The number of ether oxygens (including phenoxy) is 3. The zero-order chi connectivity index (χ0) is 16.3. The maximum absolute atomic E-state index is 5.82. The Morgan fingerprint density at radius 3 is 2.05 bits per heavy atom. The van der Waals surface area contributed by atoms with E-state index in [9.17, 15) is 0 Å². The summed E-state index contributed by atoms with van der Waals surface area (Å²) in [4.78, 5) is 0. The van der Waals surface area contributed by atoms with Crippen molar-refractivity contribution in [2.24, 2.45) is 11.1 Å². The van der Waals surface area contributed by atoms with Gasteiger partial charge >= 0.3 is 0 Å². The lowest BCUT2D eigenvalue weighted by atomic mass is 9.88. The predicted molar refractivity (Wildman–Crippen MR) is 84.7 cm³/mol. The second-order valence-electron chi connectivity index (χ2n) is 6.64. The number of rotatable bonds is 13. The van der Waals surface area contributed by atoms with Crippen LogP contribution in [0.3, 0.4) is 0 Å². The number of aliphatic hydroxyl groups is 2. The summed E-state index contributed by atoms with van der Waals surface area (Å²) < 4.78 is 16.2. The quantitative estimate of drug-likeness (QED) is 0.362. The second-order valence-corrected chi connectivity index (χ2v) is 6.64. The van der Waals surface area contributed by atoms with Gasteiger partial charge in [-0.05, 0) is 27.2 Å². The van der Waals surface area contributed by atoms with Crippen molar-refractivity contribution >= 4 is 0 Å². The minimum atomic E-state index is -0.0708. The van der Waals surface area contributed by atoms with E-state index in [1.165, 1.54) is 0 Å². The van der Waals surface area contributed by atoms with E-state index in [4.69, 9.17) is 15.2 Å². The maximum atomic E-state index is 5.82. The monoisotopic (exact) mass is 308 g/mol. The summed E-state index contributed by atoms with van der Waals surface area (Å²) in [7, 11) is 0. The molecule has 9 N–H and O–H groups in total. The van der Waals surface area contributed by atoms with Crippen LogP contribution >= 0.6 is 0 Å². The second kappa shape index (κ2) is 11.3. The summed E-state index contributed by atoms with van der Waals surface area (Å²) in [6.45, 7) is 12.3. The average molecular weight is 308 g/mol. The first-order valence-electron chi connectivity index (χ1n) is 8.02. The lowest BCUT2D eigenvalue weighted by molar-refractivity contribution is -0.430. The Labute approximate surface area is 129 Å². The van der Waals surface area contributed by atoms with Crippen LogP contribution < -0.4 is 17.2 Å². The predicted octanol–water partition coefficient (Wildman–Crippen LogP) is -1.45. The van der Waals surface area contributed by atoms with E-state index in [1.54, 1.807) is 0 Å². The molecule has 0 aromatic carbocycles. The molecule has 0 aromatic heterocycles. The average Bonchev–Trinajstić information content (AvgIpc) is 2.36. The van der Waals surface area contributed by atoms with E-state index in [0.717, 1.165) is 19.6 Å². The van der Waals surface area contributed by atoms with Crippen molar-refractivity contribution in [1.29, 1.82) is 0 Å². The third-order valence-electron chi connectivity index (χ3n) is 3.24. The van der Waals surface area contributed by atoms with E-state index in [0.29, 0.717) is 38.5 Å². The zero-order valence-electron chi connectivity index (χ0n) is 14.4. The van der Waals surface area contributed by atoms with Crippen LogP contribution in [-0.2, 0) is 9.47 Å². The van der Waals surface area contributed by atoms with Crippen molar-refractivity contribution < 1.29 is 25.7 Å². The number of hydrogen-bond acceptors (Lipinski definition) is 3. The van der Waals surface area contributed by atoms with Crippen LogP contribution in [0.1, 0.15) is 34.1 Å². The van der Waals surface area contributed by atoms with Gasteiger partial charge in [-0.1, -0.05) is 6.92 Å². The molecule has 0 amide bonds. The maximum Gasteiger partial charge on any atom is 0.197 e. The largest absolute Gasteiger partial charge is 0.429 e. The molecule has 128 valence electrons. The van der Waals surface area contributed by atoms with Crippen LogP contribution in [0.5, 0.6) is 0 Å². The molecule has 21 heavy (non-hydrogen) atoms. The van der Waals surface area contributed by atoms with Crippen molar-refractivity contribution in [1.82, 2.24) is 0 Å². The van der Waals surface area contributed by atoms with Gasteiger partial charge in [0.1, 0.15) is 6.04 Å². The van der Waals surface area contributed by atoms with Crippen molar-refractivity contribution in [3.63, 3.8) is 0 Å². The smallest absolute Gasteiger partial charge is 0.197 e. The highest BCUT2D eigenvalue weighted by Gasteiger charge is 2.33. The fourth-order valence-electron chi connectivity index (χ4n) is 1.91. The highest BCUT2D eigenvalue weighted by molar-refractivity contribution is 4.78. The summed E-state index contributed by atoms with van der Waals surface area (Å²) in [6.07, 6.45) is 0.965. The Kier molecular flexibility index (Phi) is 11.2. The van der Waals surface area contributed by atoms with Gasteiger partial charge < -0.3 is 31.4 Å². The third-order valence-corrected chi connectivity index (χ3v) is 3.24. The van der Waals surface area contributed by atoms with Crippen LogP contribution in [0, 0.1) is 5.41 Å². The normalized spacial score (nSPS) is 19.0. The molecule has 0 saturated carbocycles. The number of hydrogen-bond donors (Lipinski definition) is 3. The highest BCUT2D eigenvalue weighted by Crippen LogP contribution is 2.23. The van der Waals surface area contributed by atoms with Gasteiger partial charge in [-0.25, -0.2) is 0 Å². The topological polar surface area (TPSA) is 113 Å². The van der Waals surface area contributed by atoms with Gasteiger partial charge in [-0.15, -0.1) is 0 Å². The van der Waals surface area contributed by atoms with E-state index in [-0.39, 0.29) is 11.5 Å². The van der Waals surface area contributed by atoms with Gasteiger partial charge in [0.2, 0.25) is 0 Å². The van der Waals surface area contributed by atoms with Gasteiger partial charge in [0.25, 0.3) is 0 Å². The van der Waals surface area contributed by atoms with Crippen LogP contribution in [0.25, 0.3) is 0 Å². The van der Waals surface area contributed by atoms with E-state index in [2.05, 4.69) is 37.0 Å². The van der Waals surface area contributed by atoms with Crippen LogP contribution in [0.4, 0.5) is 0 Å². The lowest BCUT2D eigenvalue weighted by Crippen LogP contribution is -2.62. The highest BCUT2D eigenvalue weighted by atomic mass is 16.5. The molecule has 0 saturated heterocycles. The molecule has 4 unspecified atom stereocenters. The van der Waals surface area contributed by atoms with Crippen molar-refractivity contribution in [2.75, 3.05) is 39.6 Å². The van der Waals surface area contributed by atoms with Crippen molar-refractivity contribution in [3.05, 3.63) is 0 Å². The van der Waals surface area contributed by atoms with Gasteiger partial charge in [-0.2, -0.15) is 0 Å². The first-order valence-corrected chi connectivity index (χ1v) is 8.02. The molecular weight excluding hydrogens is 270 g/mol. The molecular formula is C15H38N3O3+3. The van der Waals surface area contributed by atoms with Crippen molar-refractivity contribution in [2.45, 2.75) is 52.2 Å². The summed E-state index contributed by atoms with van der Waals surface area (Å²) in [5.41, 5.74) is 13.6. The van der Waals surface area contributed by atoms with Gasteiger partial charge in [-0.3, -0.25) is 0 Å². The van der Waals surface area contributed by atoms with Crippen molar-refractivity contribution in [3.8, 4) is 0 Å². The minimum Gasteiger partial charge on any atom is -0.429 e. The molecule has 0 radical (unpaired) electrons. The minimum absolute atomic E-state index is 0.0529. The molecule has 0 aromatic rings. The number of quaternary nitrogens is 2. The molecule has 4 atom stereocenters. The third kappa shape index (κ3) is 11.0. The van der Waals surface area contributed by atoms with E-state index >= 15 is 0 Å². The van der Waals surface area contributed by atoms with Crippen LogP contribution in [0.15, 0.2) is 0 Å². The molecule has 0 rings (SSSR count). The molecule has 0 aliphatic heterocycles. The fourth-order valence-corrected chi connectivity index (χ4v) is 1.91. The molecule has 0 spiro atoms. The molecule has 0 aliphatic carbocycles. The molecule has 6 heteroatoms. The van der Waals surface area contributed by atoms with E-state index < -0.39 is 0 Å². The first kappa shape index (κ1) is 20.8. The van der Waals surface area contributed by atoms with Gasteiger partial charge in [0, 0.05) is 6.04 Å². The zero-order valence-corrected chi connectivity index (χ0v) is 14.4. The molecule has 0 fully saturated rings. The Hall–Kier alpha value is -0.240. The summed E-state index contributed by atoms with van der Waals surface area (Å²) >= 11 is 0. The summed E-state index contributed by atoms with van der Waals surface area (Å²) in [5.74, 6) is 0. The fraction of sp³-hybridized carbons (Fsp3) is 1.00. The van der Waals surface area contributed by atoms with Crippen LogP contribution in [-0.4, -0.2) is 62.5 Å². The first-order chi connectivity index (χ1) is 9.81. The van der Waals surface area contributed by atoms with Crippen LogP contribution in [0.2, 0.25) is 0 Å². The summed E-state index contributed by atoms with van der Waals surface area (Å²) in [5, 5.41) is 0. The van der Waals surface area contributed by atoms with E-state index in [1.807, 2.05) is 6.92 Å². The summed E-state index contributed by atoms with van der Waals surface area (Å²) in [6, 6.07) is 0.684. The molecule has 0 aliphatic rings. The molecule has 0 bridgehead atoms. The standard InChI is InChI=1S/C15H35N3O3/c1-5-15(9-19-6-12(2)16,10-20-7-13(3)17)11-21-8-14(4)18/h12-14H,5-11,16-18H2,1-4H3/p+3. The molecule has 6 nitrogen and oxygen atoms in total. The number of nitrogens with two attached hydrogens (primary N) is 1. The Bertz CT molecular complexity index is 212. The van der Waals surface area contributed by atoms with Gasteiger partial charge in [0.05, 0.1) is 31.8 Å². The Morgan fingerprint density at radius 2 is 1.62 bits per heavy atom. The SMILES string of the molecule is CCC(COCC(C)N)(COCC(C)[NH3+])C[OH+]CC(C)[NH3+]. The lowest BCUT2D eigenvalue weighted by Gasteiger charge is -2.30. The Balaban J connectivity index is 4.43. The van der Waals surface area contributed by atoms with Gasteiger partial charge in [0.15, 0.2) is 19.3 Å².